The van der Waals surface area contributed by atoms with Gasteiger partial charge in [0.2, 0.25) is 0 Å². The van der Waals surface area contributed by atoms with E-state index in [4.69, 9.17) is 0 Å². The fourth-order valence-corrected chi connectivity index (χ4v) is 2.86. The Morgan fingerprint density at radius 3 is 2.79 bits per heavy atom. The molecule has 1 atom stereocenters. The predicted octanol–water partition coefficient (Wildman–Crippen LogP) is 5.59. The SMILES string of the molecule is C.C1=CCC2C(=C1)c1cccc3ccn2c13.CCC. The first-order valence-electron chi connectivity index (χ1n) is 6.83. The van der Waals surface area contributed by atoms with Crippen LogP contribution in [0.3, 0.4) is 0 Å². The Morgan fingerprint density at radius 2 is 2.00 bits per heavy atom. The Bertz CT molecular complexity index is 628. The van der Waals surface area contributed by atoms with Crippen molar-refractivity contribution in [2.45, 2.75) is 40.2 Å². The van der Waals surface area contributed by atoms with E-state index in [2.05, 4.69) is 67.1 Å². The number of benzene rings is 1. The predicted molar refractivity (Wildman–Crippen MR) is 85.4 cm³/mol. The van der Waals surface area contributed by atoms with E-state index >= 15 is 0 Å². The summed E-state index contributed by atoms with van der Waals surface area (Å²) in [5.41, 5.74) is 4.32. The molecule has 1 aromatic heterocycles. The molecule has 4 rings (SSSR count). The van der Waals surface area contributed by atoms with Gasteiger partial charge in [0.25, 0.3) is 0 Å². The molecule has 0 amide bonds. The van der Waals surface area contributed by atoms with Gasteiger partial charge in [0, 0.05) is 17.1 Å². The van der Waals surface area contributed by atoms with Crippen LogP contribution in [0.25, 0.3) is 16.5 Å². The van der Waals surface area contributed by atoms with Crippen molar-refractivity contribution in [3.8, 4) is 0 Å². The summed E-state index contributed by atoms with van der Waals surface area (Å²) < 4.78 is 2.42. The van der Waals surface area contributed by atoms with Gasteiger partial charge in [-0.15, -0.1) is 0 Å². The summed E-state index contributed by atoms with van der Waals surface area (Å²) in [6, 6.07) is 9.35. The summed E-state index contributed by atoms with van der Waals surface area (Å²) in [5.74, 6) is 0. The fraction of sp³-hybridized carbons (Fsp3) is 0.333. The van der Waals surface area contributed by atoms with Crippen molar-refractivity contribution in [2.75, 3.05) is 0 Å². The van der Waals surface area contributed by atoms with Gasteiger partial charge >= 0.3 is 0 Å². The van der Waals surface area contributed by atoms with Crippen LogP contribution in [0.5, 0.6) is 0 Å². The minimum atomic E-state index is 0. The fourth-order valence-electron chi connectivity index (χ4n) is 2.86. The summed E-state index contributed by atoms with van der Waals surface area (Å²) in [6.45, 7) is 4.25. The molecule has 0 N–H and O–H groups in total. The number of allylic oxidation sites excluding steroid dienone is 4. The minimum absolute atomic E-state index is 0. The van der Waals surface area contributed by atoms with Crippen LogP contribution in [0.4, 0.5) is 0 Å². The van der Waals surface area contributed by atoms with Gasteiger partial charge in [-0.05, 0) is 18.1 Å². The second-order valence-electron chi connectivity index (χ2n) is 4.98. The van der Waals surface area contributed by atoms with Gasteiger partial charge in [-0.1, -0.05) is 64.1 Å². The third-order valence-corrected chi connectivity index (χ3v) is 3.52. The van der Waals surface area contributed by atoms with E-state index in [0.29, 0.717) is 6.04 Å². The van der Waals surface area contributed by atoms with Gasteiger partial charge in [0.15, 0.2) is 0 Å². The number of hydrogen-bond acceptors (Lipinski definition) is 0. The molecule has 0 saturated heterocycles. The number of nitrogens with zero attached hydrogens (tertiary/aromatic N) is 1. The number of fused-ring (bicyclic) bond motifs is 3. The lowest BCUT2D eigenvalue weighted by Crippen LogP contribution is -2.03. The van der Waals surface area contributed by atoms with E-state index in [1.165, 1.54) is 28.5 Å². The van der Waals surface area contributed by atoms with Gasteiger partial charge in [-0.3, -0.25) is 0 Å². The molecule has 100 valence electrons. The molecule has 0 radical (unpaired) electrons. The molecule has 19 heavy (non-hydrogen) atoms. The number of aromatic nitrogens is 1. The largest absolute Gasteiger partial charge is 0.339 e. The van der Waals surface area contributed by atoms with Gasteiger partial charge in [-0.25, -0.2) is 0 Å². The normalized spacial score (nSPS) is 18.2. The molecule has 0 spiro atoms. The van der Waals surface area contributed by atoms with Crippen molar-refractivity contribution in [1.29, 1.82) is 0 Å². The van der Waals surface area contributed by atoms with E-state index < -0.39 is 0 Å². The minimum Gasteiger partial charge on any atom is -0.339 e. The summed E-state index contributed by atoms with van der Waals surface area (Å²) >= 11 is 0. The van der Waals surface area contributed by atoms with E-state index in [0.717, 1.165) is 6.42 Å². The lowest BCUT2D eigenvalue weighted by molar-refractivity contribution is 0.665. The maximum absolute atomic E-state index is 2.42. The second kappa shape index (κ2) is 5.48. The molecule has 1 unspecified atom stereocenters. The molecule has 1 aliphatic carbocycles. The summed E-state index contributed by atoms with van der Waals surface area (Å²) in [6.07, 6.45) is 11.3. The van der Waals surface area contributed by atoms with Crippen molar-refractivity contribution in [3.63, 3.8) is 0 Å². The zero-order valence-corrected chi connectivity index (χ0v) is 11.1. The lowest BCUT2D eigenvalue weighted by Gasteiger charge is -2.16. The van der Waals surface area contributed by atoms with E-state index in [-0.39, 0.29) is 7.43 Å². The van der Waals surface area contributed by atoms with Gasteiger partial charge < -0.3 is 4.57 Å². The van der Waals surface area contributed by atoms with Crippen molar-refractivity contribution in [3.05, 3.63) is 54.3 Å². The van der Waals surface area contributed by atoms with Crippen LogP contribution in [0.1, 0.15) is 45.7 Å². The Balaban J connectivity index is 0.000000308. The first kappa shape index (κ1) is 13.7. The molecule has 0 saturated carbocycles. The molecule has 0 bridgehead atoms. The first-order chi connectivity index (χ1) is 8.86. The van der Waals surface area contributed by atoms with Gasteiger partial charge in [-0.2, -0.15) is 0 Å². The molecular weight excluding hydrogens is 230 g/mol. The van der Waals surface area contributed by atoms with E-state index in [1.807, 2.05) is 0 Å². The number of para-hydroxylation sites is 1. The molecule has 1 aromatic carbocycles. The second-order valence-corrected chi connectivity index (χ2v) is 4.98. The zero-order chi connectivity index (χ0) is 12.5. The molecule has 1 nitrogen and oxygen atoms in total. The Morgan fingerprint density at radius 1 is 1.21 bits per heavy atom. The maximum Gasteiger partial charge on any atom is 0.0627 e. The number of rotatable bonds is 0. The smallest absolute Gasteiger partial charge is 0.0627 e. The summed E-state index contributed by atoms with van der Waals surface area (Å²) in [4.78, 5) is 0. The average Bonchev–Trinajstić information content (AvgIpc) is 2.96. The van der Waals surface area contributed by atoms with Gasteiger partial charge in [0.1, 0.15) is 0 Å². The lowest BCUT2D eigenvalue weighted by atomic mass is 9.95. The van der Waals surface area contributed by atoms with Crippen LogP contribution in [0, 0.1) is 0 Å². The highest BCUT2D eigenvalue weighted by molar-refractivity contribution is 5.97. The van der Waals surface area contributed by atoms with Crippen LogP contribution >= 0.6 is 0 Å². The molecule has 1 aliphatic heterocycles. The molecule has 1 heteroatoms. The topological polar surface area (TPSA) is 4.93 Å². The monoisotopic (exact) mass is 253 g/mol. The zero-order valence-electron chi connectivity index (χ0n) is 11.1. The van der Waals surface area contributed by atoms with E-state index in [9.17, 15) is 0 Å². The molecular formula is C18H23N. The van der Waals surface area contributed by atoms with Crippen molar-refractivity contribution in [1.82, 2.24) is 4.57 Å². The van der Waals surface area contributed by atoms with Crippen molar-refractivity contribution < 1.29 is 0 Å². The van der Waals surface area contributed by atoms with Crippen LogP contribution in [0.15, 0.2) is 48.7 Å². The summed E-state index contributed by atoms with van der Waals surface area (Å²) in [7, 11) is 0. The highest BCUT2D eigenvalue weighted by Gasteiger charge is 2.28. The Kier molecular flexibility index (Phi) is 3.94. The Hall–Kier alpha value is -1.76. The molecule has 2 heterocycles. The average molecular weight is 253 g/mol. The van der Waals surface area contributed by atoms with Gasteiger partial charge in [0.05, 0.1) is 11.6 Å². The quantitative estimate of drug-likeness (QED) is 0.576. The Labute approximate surface area is 116 Å². The highest BCUT2D eigenvalue weighted by atomic mass is 15.0. The van der Waals surface area contributed by atoms with Crippen molar-refractivity contribution in [2.24, 2.45) is 0 Å². The third-order valence-electron chi connectivity index (χ3n) is 3.52. The van der Waals surface area contributed by atoms with Crippen LogP contribution in [0.2, 0.25) is 0 Å². The summed E-state index contributed by atoms with van der Waals surface area (Å²) in [5, 5.41) is 1.36. The van der Waals surface area contributed by atoms with Crippen LogP contribution in [-0.2, 0) is 0 Å². The van der Waals surface area contributed by atoms with Crippen LogP contribution < -0.4 is 0 Å². The number of hydrogen-bond donors (Lipinski definition) is 0. The standard InChI is InChI=1S/C14H11N.C3H8.CH4/c1-2-7-13-11(5-1)12-6-3-4-10-8-9-15(13)14(10)12;1-3-2;/h1-6,8-9,13H,7H2;3H2,1-2H3;1H4. The van der Waals surface area contributed by atoms with Crippen molar-refractivity contribution >= 4 is 16.5 Å². The molecule has 2 aromatic rings. The third kappa shape index (κ3) is 2.03. The first-order valence-corrected chi connectivity index (χ1v) is 6.83. The highest BCUT2D eigenvalue weighted by Crippen LogP contribution is 2.44. The maximum atomic E-state index is 2.42. The molecule has 0 fully saturated rings. The van der Waals surface area contributed by atoms with Crippen LogP contribution in [-0.4, -0.2) is 4.57 Å². The molecule has 2 aliphatic rings. The van der Waals surface area contributed by atoms with E-state index in [1.54, 1.807) is 0 Å².